The van der Waals surface area contributed by atoms with Gasteiger partial charge in [-0.2, -0.15) is 5.10 Å². The largest absolute Gasteiger partial charge is 0.480 e. The number of rotatable bonds is 7. The molecule has 0 aliphatic rings. The fourth-order valence-electron chi connectivity index (χ4n) is 1.97. The van der Waals surface area contributed by atoms with E-state index in [1.165, 1.54) is 7.05 Å². The van der Waals surface area contributed by atoms with Crippen LogP contribution in [-0.2, 0) is 16.6 Å². The van der Waals surface area contributed by atoms with Crippen molar-refractivity contribution in [3.05, 3.63) is 15.8 Å². The normalized spacial score (nSPS) is 10.7. The maximum absolute atomic E-state index is 11.3. The first-order chi connectivity index (χ1) is 9.65. The van der Waals surface area contributed by atoms with Gasteiger partial charge in [-0.1, -0.05) is 13.8 Å². The molecule has 0 amide bonds. The van der Waals surface area contributed by atoms with Crippen LogP contribution in [0.3, 0.4) is 0 Å². The van der Waals surface area contributed by atoms with E-state index < -0.39 is 30.0 Å². The van der Waals surface area contributed by atoms with E-state index in [0.717, 1.165) is 9.58 Å². The molecule has 1 aromatic rings. The van der Waals surface area contributed by atoms with Gasteiger partial charge in [0, 0.05) is 13.0 Å². The Bertz CT molecular complexity index is 564. The van der Waals surface area contributed by atoms with Crippen LogP contribution in [0.5, 0.6) is 0 Å². The topological polar surface area (TPSA) is 139 Å². The van der Waals surface area contributed by atoms with Gasteiger partial charge in [-0.3, -0.25) is 19.7 Å². The summed E-state index contributed by atoms with van der Waals surface area (Å²) >= 11 is 0. The maximum atomic E-state index is 11.3. The Balaban J connectivity index is 3.45. The number of aryl methyl sites for hydroxylation is 1. The summed E-state index contributed by atoms with van der Waals surface area (Å²) in [6.45, 7) is 2.06. The van der Waals surface area contributed by atoms with Gasteiger partial charge in [0.1, 0.15) is 18.8 Å². The molecule has 10 heteroatoms. The third kappa shape index (κ3) is 3.68. The fourth-order valence-corrected chi connectivity index (χ4v) is 1.97. The average molecular weight is 300 g/mol. The van der Waals surface area contributed by atoms with Crippen LogP contribution in [0.25, 0.3) is 0 Å². The molecule has 0 saturated heterocycles. The first-order valence-corrected chi connectivity index (χ1v) is 6.05. The highest BCUT2D eigenvalue weighted by atomic mass is 16.6. The summed E-state index contributed by atoms with van der Waals surface area (Å²) in [7, 11) is 1.41. The van der Waals surface area contributed by atoms with Crippen molar-refractivity contribution in [1.82, 2.24) is 9.78 Å². The van der Waals surface area contributed by atoms with Gasteiger partial charge in [0.15, 0.2) is 0 Å². The zero-order valence-corrected chi connectivity index (χ0v) is 11.8. The van der Waals surface area contributed by atoms with Crippen LogP contribution in [0.2, 0.25) is 0 Å². The summed E-state index contributed by atoms with van der Waals surface area (Å²) in [5, 5.41) is 33.0. The van der Waals surface area contributed by atoms with Gasteiger partial charge in [0.25, 0.3) is 0 Å². The van der Waals surface area contributed by atoms with Crippen molar-refractivity contribution in [2.24, 2.45) is 7.05 Å². The molecular formula is C11H16N4O6. The van der Waals surface area contributed by atoms with Crippen LogP contribution in [0, 0.1) is 10.1 Å². The Morgan fingerprint density at radius 2 is 1.81 bits per heavy atom. The number of hydrogen-bond acceptors (Lipinski definition) is 6. The van der Waals surface area contributed by atoms with Crippen molar-refractivity contribution in [2.75, 3.05) is 18.0 Å². The number of nitro groups is 1. The van der Waals surface area contributed by atoms with Gasteiger partial charge >= 0.3 is 17.6 Å². The quantitative estimate of drug-likeness (QED) is 0.545. The van der Waals surface area contributed by atoms with Crippen LogP contribution in [0.15, 0.2) is 0 Å². The van der Waals surface area contributed by atoms with E-state index in [2.05, 4.69) is 5.10 Å². The van der Waals surface area contributed by atoms with Crippen LogP contribution in [0.4, 0.5) is 11.5 Å². The molecule has 10 nitrogen and oxygen atoms in total. The van der Waals surface area contributed by atoms with Gasteiger partial charge in [0.2, 0.25) is 5.82 Å². The Morgan fingerprint density at radius 3 is 2.14 bits per heavy atom. The molecule has 0 radical (unpaired) electrons. The van der Waals surface area contributed by atoms with Crippen molar-refractivity contribution in [2.45, 2.75) is 19.8 Å². The standard InChI is InChI=1S/C11H16N4O6/c1-6(2)9-10(15(20)21)11(13(3)12-9)14(4-7(16)17)5-8(18)19/h6H,4-5H2,1-3H3,(H,16,17)(H,18,19). The number of aromatic nitrogens is 2. The van der Waals surface area contributed by atoms with Crippen molar-refractivity contribution in [3.63, 3.8) is 0 Å². The van der Waals surface area contributed by atoms with Gasteiger partial charge < -0.3 is 15.1 Å². The van der Waals surface area contributed by atoms with Crippen LogP contribution in [-0.4, -0.2) is 49.9 Å². The van der Waals surface area contributed by atoms with Gasteiger partial charge in [-0.15, -0.1) is 0 Å². The first kappa shape index (κ1) is 16.4. The Labute approximate surface area is 119 Å². The summed E-state index contributed by atoms with van der Waals surface area (Å²) in [5.74, 6) is -2.98. The molecule has 2 N–H and O–H groups in total. The second-order valence-electron chi connectivity index (χ2n) is 4.74. The first-order valence-electron chi connectivity index (χ1n) is 6.05. The summed E-state index contributed by atoms with van der Waals surface area (Å²) in [5.41, 5.74) is -0.187. The molecule has 1 rings (SSSR count). The Hall–Kier alpha value is -2.65. The number of carboxylic acid groups (broad SMARTS) is 2. The summed E-state index contributed by atoms with van der Waals surface area (Å²) in [6, 6.07) is 0. The molecule has 0 aliphatic heterocycles. The highest BCUT2D eigenvalue weighted by molar-refractivity contribution is 5.81. The molecule has 0 aliphatic carbocycles. The summed E-state index contributed by atoms with van der Waals surface area (Å²) in [6.07, 6.45) is 0. The van der Waals surface area contributed by atoms with E-state index >= 15 is 0 Å². The summed E-state index contributed by atoms with van der Waals surface area (Å²) < 4.78 is 1.14. The molecule has 0 atom stereocenters. The minimum atomic E-state index is -1.29. The molecule has 0 saturated carbocycles. The van der Waals surface area contributed by atoms with Gasteiger partial charge in [0.05, 0.1) is 4.92 Å². The number of nitrogens with zero attached hydrogens (tertiary/aromatic N) is 4. The monoisotopic (exact) mass is 300 g/mol. The average Bonchev–Trinajstić information content (AvgIpc) is 2.64. The second-order valence-corrected chi connectivity index (χ2v) is 4.74. The van der Waals surface area contributed by atoms with E-state index in [0.29, 0.717) is 0 Å². The molecule has 21 heavy (non-hydrogen) atoms. The molecule has 0 spiro atoms. The number of anilines is 1. The van der Waals surface area contributed by atoms with Crippen molar-refractivity contribution in [1.29, 1.82) is 0 Å². The van der Waals surface area contributed by atoms with Crippen LogP contribution in [0.1, 0.15) is 25.5 Å². The smallest absolute Gasteiger partial charge is 0.334 e. The zero-order valence-electron chi connectivity index (χ0n) is 11.8. The highest BCUT2D eigenvalue weighted by Gasteiger charge is 2.33. The SMILES string of the molecule is CC(C)c1nn(C)c(N(CC(=O)O)CC(=O)O)c1[N+](=O)[O-]. The highest BCUT2D eigenvalue weighted by Crippen LogP contribution is 2.35. The summed E-state index contributed by atoms with van der Waals surface area (Å²) in [4.78, 5) is 33.2. The molecule has 0 aromatic carbocycles. The van der Waals surface area contributed by atoms with Gasteiger partial charge in [-0.25, -0.2) is 4.68 Å². The lowest BCUT2D eigenvalue weighted by Gasteiger charge is -2.19. The minimum Gasteiger partial charge on any atom is -0.480 e. The molecule has 116 valence electrons. The molecule has 0 bridgehead atoms. The maximum Gasteiger partial charge on any atom is 0.334 e. The number of carbonyl (C=O) groups is 2. The predicted octanol–water partition coefficient (Wildman–Crippen LogP) is 0.427. The van der Waals surface area contributed by atoms with E-state index in [9.17, 15) is 19.7 Å². The minimum absolute atomic E-state index is 0.131. The fraction of sp³-hybridized carbons (Fsp3) is 0.545. The van der Waals surface area contributed by atoms with Crippen LogP contribution >= 0.6 is 0 Å². The molecule has 0 unspecified atom stereocenters. The molecule has 0 fully saturated rings. The Kier molecular flexibility index (Phi) is 4.84. The lowest BCUT2D eigenvalue weighted by molar-refractivity contribution is -0.385. The van der Waals surface area contributed by atoms with E-state index in [1.54, 1.807) is 13.8 Å². The third-order valence-electron chi connectivity index (χ3n) is 2.70. The van der Waals surface area contributed by atoms with E-state index in [1.807, 2.05) is 0 Å². The Morgan fingerprint density at radius 1 is 1.33 bits per heavy atom. The van der Waals surface area contributed by atoms with E-state index in [4.69, 9.17) is 10.2 Å². The number of aliphatic carboxylic acids is 2. The molecule has 1 heterocycles. The van der Waals surface area contributed by atoms with Crippen molar-refractivity contribution < 1.29 is 24.7 Å². The zero-order chi connectivity index (χ0) is 16.3. The number of carboxylic acids is 2. The number of hydrogen-bond donors (Lipinski definition) is 2. The van der Waals surface area contributed by atoms with E-state index in [-0.39, 0.29) is 23.1 Å². The third-order valence-corrected chi connectivity index (χ3v) is 2.70. The molecular weight excluding hydrogens is 284 g/mol. The van der Waals surface area contributed by atoms with Crippen molar-refractivity contribution >= 4 is 23.4 Å². The van der Waals surface area contributed by atoms with Gasteiger partial charge in [-0.05, 0) is 0 Å². The second kappa shape index (κ2) is 6.20. The van der Waals surface area contributed by atoms with Crippen molar-refractivity contribution in [3.8, 4) is 0 Å². The molecule has 1 aromatic heterocycles. The lowest BCUT2D eigenvalue weighted by Crippen LogP contribution is -2.36. The predicted molar refractivity (Wildman–Crippen MR) is 71.4 cm³/mol. The van der Waals surface area contributed by atoms with Crippen LogP contribution < -0.4 is 4.90 Å². The lowest BCUT2D eigenvalue weighted by atomic mass is 10.1.